The Morgan fingerprint density at radius 3 is 2.80 bits per heavy atom. The molecule has 0 radical (unpaired) electrons. The van der Waals surface area contributed by atoms with E-state index < -0.39 is 5.97 Å². The maximum absolute atomic E-state index is 11.3. The number of nitrogens with zero attached hydrogens (tertiary/aromatic N) is 1. The fourth-order valence-corrected chi connectivity index (χ4v) is 1.00. The number of nitrogens with one attached hydrogen (secondary N) is 1. The van der Waals surface area contributed by atoms with Gasteiger partial charge in [-0.25, -0.2) is 4.79 Å². The first-order chi connectivity index (χ1) is 6.92. The number of rotatable bonds is 3. The highest BCUT2D eigenvalue weighted by Gasteiger charge is 2.16. The van der Waals surface area contributed by atoms with Gasteiger partial charge in [0.05, 0.1) is 6.61 Å². The van der Waals surface area contributed by atoms with Crippen LogP contribution in [0.4, 0.5) is 5.88 Å². The molecule has 0 fully saturated rings. The summed E-state index contributed by atoms with van der Waals surface area (Å²) in [5.41, 5.74) is 0.0504. The lowest BCUT2D eigenvalue weighted by Gasteiger charge is -2.18. The average Bonchev–Trinajstić information content (AvgIpc) is 2.50. The number of ether oxygens (including phenoxy) is 1. The van der Waals surface area contributed by atoms with Crippen molar-refractivity contribution in [2.75, 3.05) is 11.9 Å². The van der Waals surface area contributed by atoms with Gasteiger partial charge in [0.15, 0.2) is 5.69 Å². The average molecular weight is 212 g/mol. The van der Waals surface area contributed by atoms with E-state index in [-0.39, 0.29) is 11.2 Å². The standard InChI is InChI=1S/C10H16N2O3/c1-5-14-9(13)7-6-8(15-12-7)11-10(2,3)4/h6,11H,5H2,1-4H3. The topological polar surface area (TPSA) is 64.4 Å². The van der Waals surface area contributed by atoms with Crippen molar-refractivity contribution in [3.8, 4) is 0 Å². The van der Waals surface area contributed by atoms with Gasteiger partial charge in [-0.1, -0.05) is 5.16 Å². The van der Waals surface area contributed by atoms with Gasteiger partial charge in [-0.05, 0) is 27.7 Å². The Labute approximate surface area is 88.8 Å². The van der Waals surface area contributed by atoms with Crippen molar-refractivity contribution in [3.05, 3.63) is 11.8 Å². The molecule has 5 nitrogen and oxygen atoms in total. The van der Waals surface area contributed by atoms with Gasteiger partial charge in [0, 0.05) is 11.6 Å². The number of esters is 1. The third kappa shape index (κ3) is 3.61. The zero-order chi connectivity index (χ0) is 11.5. The van der Waals surface area contributed by atoms with Crippen molar-refractivity contribution < 1.29 is 14.1 Å². The maximum atomic E-state index is 11.3. The Morgan fingerprint density at radius 1 is 1.60 bits per heavy atom. The van der Waals surface area contributed by atoms with Crippen LogP contribution in [0.15, 0.2) is 10.6 Å². The van der Waals surface area contributed by atoms with E-state index in [2.05, 4.69) is 10.5 Å². The molecule has 0 unspecified atom stereocenters. The Kier molecular flexibility index (Phi) is 3.34. The first-order valence-corrected chi connectivity index (χ1v) is 4.84. The number of aromatic nitrogens is 1. The molecule has 1 N–H and O–H groups in total. The monoisotopic (exact) mass is 212 g/mol. The summed E-state index contributed by atoms with van der Waals surface area (Å²) < 4.78 is 9.73. The third-order valence-corrected chi connectivity index (χ3v) is 1.49. The minimum absolute atomic E-state index is 0.133. The van der Waals surface area contributed by atoms with E-state index >= 15 is 0 Å². The Bertz CT molecular complexity index is 339. The molecule has 0 bridgehead atoms. The van der Waals surface area contributed by atoms with E-state index in [4.69, 9.17) is 9.26 Å². The van der Waals surface area contributed by atoms with Crippen LogP contribution in [0.3, 0.4) is 0 Å². The van der Waals surface area contributed by atoms with Crippen molar-refractivity contribution >= 4 is 11.9 Å². The molecule has 15 heavy (non-hydrogen) atoms. The number of carbonyl (C=O) groups excluding carboxylic acids is 1. The van der Waals surface area contributed by atoms with Crippen LogP contribution in [-0.4, -0.2) is 23.3 Å². The Morgan fingerprint density at radius 2 is 2.27 bits per heavy atom. The summed E-state index contributed by atoms with van der Waals surface area (Å²) >= 11 is 0. The first-order valence-electron chi connectivity index (χ1n) is 4.84. The van der Waals surface area contributed by atoms with Crippen molar-refractivity contribution in [2.45, 2.75) is 33.2 Å². The summed E-state index contributed by atoms with van der Waals surface area (Å²) in [6, 6.07) is 1.53. The molecule has 0 aliphatic carbocycles. The second-order valence-electron chi connectivity index (χ2n) is 4.17. The second kappa shape index (κ2) is 4.33. The molecule has 1 aromatic heterocycles. The summed E-state index contributed by atoms with van der Waals surface area (Å²) in [5, 5.41) is 6.67. The molecule has 0 aliphatic heterocycles. The fourth-order valence-electron chi connectivity index (χ4n) is 1.00. The van der Waals surface area contributed by atoms with Gasteiger partial charge in [-0.3, -0.25) is 0 Å². The molecule has 5 heteroatoms. The number of hydrogen-bond acceptors (Lipinski definition) is 5. The smallest absolute Gasteiger partial charge is 0.360 e. The van der Waals surface area contributed by atoms with Crippen LogP contribution in [0, 0.1) is 0 Å². The van der Waals surface area contributed by atoms with Crippen molar-refractivity contribution in [1.29, 1.82) is 0 Å². The summed E-state index contributed by atoms with van der Waals surface area (Å²) in [5.74, 6) is -0.00578. The van der Waals surface area contributed by atoms with Gasteiger partial charge >= 0.3 is 5.97 Å². The third-order valence-electron chi connectivity index (χ3n) is 1.49. The molecule has 0 aromatic carbocycles. The molecule has 1 rings (SSSR count). The van der Waals surface area contributed by atoms with Crippen LogP contribution in [0.25, 0.3) is 0 Å². The lowest BCUT2D eigenvalue weighted by Crippen LogP contribution is -2.25. The normalized spacial score (nSPS) is 11.2. The van der Waals surface area contributed by atoms with Crippen LogP contribution >= 0.6 is 0 Å². The first kappa shape index (κ1) is 11.6. The van der Waals surface area contributed by atoms with Crippen LogP contribution in [0.5, 0.6) is 0 Å². The van der Waals surface area contributed by atoms with E-state index in [1.807, 2.05) is 20.8 Å². The minimum atomic E-state index is -0.469. The van der Waals surface area contributed by atoms with Gasteiger partial charge in [0.25, 0.3) is 0 Å². The molecule has 84 valence electrons. The molecule has 0 atom stereocenters. The van der Waals surface area contributed by atoms with Crippen LogP contribution in [-0.2, 0) is 4.74 Å². The second-order valence-corrected chi connectivity index (χ2v) is 4.17. The van der Waals surface area contributed by atoms with E-state index in [9.17, 15) is 4.79 Å². The van der Waals surface area contributed by atoms with Gasteiger partial charge < -0.3 is 14.6 Å². The largest absolute Gasteiger partial charge is 0.461 e. The summed E-state index contributed by atoms with van der Waals surface area (Å²) in [7, 11) is 0. The summed E-state index contributed by atoms with van der Waals surface area (Å²) in [4.78, 5) is 11.3. The van der Waals surface area contributed by atoms with Crippen molar-refractivity contribution in [1.82, 2.24) is 5.16 Å². The minimum Gasteiger partial charge on any atom is -0.461 e. The Hall–Kier alpha value is -1.52. The number of anilines is 1. The molecule has 0 aliphatic rings. The van der Waals surface area contributed by atoms with Gasteiger partial charge in [-0.15, -0.1) is 0 Å². The molecular formula is C10H16N2O3. The van der Waals surface area contributed by atoms with Crippen LogP contribution < -0.4 is 5.32 Å². The van der Waals surface area contributed by atoms with E-state index in [1.165, 1.54) is 6.07 Å². The molecule has 0 saturated carbocycles. The van der Waals surface area contributed by atoms with Crippen molar-refractivity contribution in [2.24, 2.45) is 0 Å². The predicted octanol–water partition coefficient (Wildman–Crippen LogP) is 2.06. The Balaban J connectivity index is 2.68. The SMILES string of the molecule is CCOC(=O)c1cc(NC(C)(C)C)on1. The zero-order valence-corrected chi connectivity index (χ0v) is 9.46. The lowest BCUT2D eigenvalue weighted by molar-refractivity contribution is 0.0514. The summed E-state index contributed by atoms with van der Waals surface area (Å²) in [6.45, 7) is 8.03. The number of hydrogen-bond donors (Lipinski definition) is 1. The van der Waals surface area contributed by atoms with Crippen LogP contribution in [0.2, 0.25) is 0 Å². The highest BCUT2D eigenvalue weighted by atomic mass is 16.5. The highest BCUT2D eigenvalue weighted by Crippen LogP contribution is 2.16. The van der Waals surface area contributed by atoms with Gasteiger partial charge in [0.1, 0.15) is 0 Å². The van der Waals surface area contributed by atoms with E-state index in [0.717, 1.165) is 0 Å². The van der Waals surface area contributed by atoms with Gasteiger partial charge in [-0.2, -0.15) is 0 Å². The molecular weight excluding hydrogens is 196 g/mol. The molecule has 0 saturated heterocycles. The van der Waals surface area contributed by atoms with Crippen molar-refractivity contribution in [3.63, 3.8) is 0 Å². The zero-order valence-electron chi connectivity index (χ0n) is 9.46. The molecule has 0 spiro atoms. The molecule has 0 amide bonds. The molecule has 1 aromatic rings. The van der Waals surface area contributed by atoms with Gasteiger partial charge in [0.2, 0.25) is 5.88 Å². The predicted molar refractivity (Wildman–Crippen MR) is 55.8 cm³/mol. The quantitative estimate of drug-likeness (QED) is 0.777. The van der Waals surface area contributed by atoms with E-state index in [1.54, 1.807) is 6.92 Å². The lowest BCUT2D eigenvalue weighted by atomic mass is 10.1. The maximum Gasteiger partial charge on any atom is 0.360 e. The molecule has 1 heterocycles. The highest BCUT2D eigenvalue weighted by molar-refractivity contribution is 5.87. The van der Waals surface area contributed by atoms with E-state index in [0.29, 0.717) is 12.5 Å². The van der Waals surface area contributed by atoms with Crippen LogP contribution in [0.1, 0.15) is 38.2 Å². The fraction of sp³-hybridized carbons (Fsp3) is 0.600. The number of carbonyl (C=O) groups is 1. The summed E-state index contributed by atoms with van der Waals surface area (Å²) in [6.07, 6.45) is 0.